The molecule has 0 saturated heterocycles. The topological polar surface area (TPSA) is 629 Å². The Bertz CT molecular complexity index is 5560. The van der Waals surface area contributed by atoms with Gasteiger partial charge in [0.25, 0.3) is 51.6 Å². The van der Waals surface area contributed by atoms with E-state index < -0.39 is 72.0 Å². The van der Waals surface area contributed by atoms with Crippen molar-refractivity contribution in [2.75, 3.05) is 43.8 Å². The number of amides is 1. The highest BCUT2D eigenvalue weighted by molar-refractivity contribution is 8.03. The van der Waals surface area contributed by atoms with Gasteiger partial charge in [0, 0.05) is 75.6 Å². The van der Waals surface area contributed by atoms with E-state index in [-0.39, 0.29) is 52.3 Å². The lowest BCUT2D eigenvalue weighted by molar-refractivity contribution is 0.0981. The normalized spacial score (nSPS) is 12.3. The van der Waals surface area contributed by atoms with E-state index in [2.05, 4.69) is 55.9 Å². The molecule has 0 bridgehead atoms. The molecule has 3 aromatic heterocycles. The Morgan fingerprint density at radius 2 is 0.981 bits per heavy atom. The number of carbonyl (C=O) groups is 1. The molecule has 1 aliphatic heterocycles. The van der Waals surface area contributed by atoms with Crippen molar-refractivity contribution in [1.82, 2.24) is 39.9 Å². The van der Waals surface area contributed by atoms with Gasteiger partial charge in [-0.15, -0.1) is 4.40 Å². The molecule has 43 heteroatoms. The SMILES string of the molecule is CCCc1cc(=O)[nH]c(=S)[nH]1.Cc1ccc(C(=O)NS(=O)(=O)c2ccc(N)cc2)cc1C.Cc1noc(NS(=O)(=O)c2ccc(N)cc2)c1C.NC(N)=NS(=O)(=O)c1ccc(N)cc1.Nc1ccc(S(=O)(=O)NC2NC=CS2)cc1.Nc1ccc(S(=O)(=O)Nc2ncccn2)cc1.Nc1ccc(S(N)(=O)=O)cc1. The third-order valence-corrected chi connectivity index (χ3v) is 22.6. The van der Waals surface area contributed by atoms with E-state index >= 15 is 0 Å². The van der Waals surface area contributed by atoms with Crippen LogP contribution >= 0.6 is 24.0 Å². The van der Waals surface area contributed by atoms with Crippen LogP contribution in [0.2, 0.25) is 0 Å². The maximum atomic E-state index is 12.1. The molecule has 0 radical (unpaired) electrons. The van der Waals surface area contributed by atoms with Crippen molar-refractivity contribution in [2.45, 2.75) is 82.3 Å². The van der Waals surface area contributed by atoms with Gasteiger partial charge in [-0.3, -0.25) is 14.6 Å². The van der Waals surface area contributed by atoms with E-state index in [4.69, 9.17) is 67.7 Å². The van der Waals surface area contributed by atoms with Gasteiger partial charge in [0.1, 0.15) is 5.50 Å². The summed E-state index contributed by atoms with van der Waals surface area (Å²) in [5, 5.41) is 13.2. The third kappa shape index (κ3) is 28.8. The first-order valence-corrected chi connectivity index (χ1v) is 41.1. The number of nitrogens with one attached hydrogen (secondary N) is 7. The standard InChI is InChI=1S/C15H16N2O3S.C11H13N3O3S.C10H10N4O2S.C9H11N3O2S2.C7H10N4O2S.C7H10N2OS.C6H8N2O2S/c1-10-3-4-12(9-11(10)2)15(18)17-21(19,20)14-7-5-13(16)6-8-14;1-7-8(2)13-17-11(7)14-18(15,16)10-5-3-9(12)4-6-10;11-8-2-4-9(5-3-8)17(15,16)14-10-12-6-1-7-13-10;10-7-1-3-8(4-2-7)16(13,14)12-9-11-5-6-15-9;8-5-1-3-6(4-2-5)14(12,13)11-7(9)10;1-2-3-5-4-6(10)9-7(11)8-5;7-5-1-3-6(4-2-5)11(8,9)10/h3-9H,16H2,1-2H3,(H,17,18);3-6,14H,12H2,1-2H3;1-7H,11H2,(H,12,13,14);1-6,9,11-12H,10H2;1-4H,8H2,(H4,9,10,11);4H,2-3H2,1H3,(H2,8,9,10,11);1-4H,7H2,(H2,8,9,10). The first kappa shape index (κ1) is 87.2. The fourth-order valence-electron chi connectivity index (χ4n) is 7.90. The number of aryl methyl sites for hydroxylation is 4. The van der Waals surface area contributed by atoms with E-state index in [1.165, 1.54) is 158 Å². The Balaban J connectivity index is 0.000000228. The number of anilines is 8. The predicted molar refractivity (Wildman–Crippen MR) is 420 cm³/mol. The van der Waals surface area contributed by atoms with Crippen LogP contribution in [0.4, 0.5) is 46.0 Å². The van der Waals surface area contributed by atoms with Crippen LogP contribution in [-0.4, -0.2) is 93.0 Å². The Hall–Kier alpha value is -11.4. The van der Waals surface area contributed by atoms with Gasteiger partial charge >= 0.3 is 0 Å². The number of rotatable bonds is 17. The van der Waals surface area contributed by atoms with Crippen molar-refractivity contribution in [1.29, 1.82) is 0 Å². The number of nitrogens with zero attached hydrogens (tertiary/aromatic N) is 4. The van der Waals surface area contributed by atoms with Crippen LogP contribution in [0.1, 0.15) is 51.8 Å². The van der Waals surface area contributed by atoms with Crippen molar-refractivity contribution in [3.63, 3.8) is 0 Å². The number of carbonyl (C=O) groups excluding carboxylic acids is 1. The molecule has 0 saturated carbocycles. The van der Waals surface area contributed by atoms with Gasteiger partial charge in [0.2, 0.25) is 37.8 Å². The average Bonchev–Trinajstić information content (AvgIpc) is 1.30. The number of aromatic nitrogens is 5. The van der Waals surface area contributed by atoms with Crippen LogP contribution in [0.5, 0.6) is 0 Å². The second-order valence-electron chi connectivity index (χ2n) is 22.2. The first-order chi connectivity index (χ1) is 50.5. The lowest BCUT2D eigenvalue weighted by Gasteiger charge is -2.12. The van der Waals surface area contributed by atoms with E-state index in [1.807, 2.05) is 18.6 Å². The number of H-pyrrole nitrogens is 2. The van der Waals surface area contributed by atoms with Gasteiger partial charge in [-0.25, -0.2) is 71.4 Å². The molecule has 7 aromatic carbocycles. The monoisotopic (exact) mass is 1630 g/mol. The van der Waals surface area contributed by atoms with E-state index in [0.29, 0.717) is 55.7 Å². The smallest absolute Gasteiger partial charge is 0.285 e. The molecule has 0 spiro atoms. The van der Waals surface area contributed by atoms with Crippen LogP contribution < -0.4 is 80.8 Å². The molecular formula is C65H78N20O15S8. The zero-order chi connectivity index (χ0) is 80.4. The number of sulfonamides is 6. The quantitative estimate of drug-likeness (QED) is 0.0225. The molecule has 4 heterocycles. The largest absolute Gasteiger partial charge is 0.399 e. The van der Waals surface area contributed by atoms with Crippen LogP contribution in [-0.2, 0) is 66.6 Å². The zero-order valence-corrected chi connectivity index (χ0v) is 64.5. The Morgan fingerprint density at radius 3 is 1.37 bits per heavy atom. The molecule has 576 valence electrons. The highest BCUT2D eigenvalue weighted by atomic mass is 32.2. The molecule has 1 atom stereocenters. The molecule has 1 amide bonds. The van der Waals surface area contributed by atoms with Crippen molar-refractivity contribution >= 4 is 142 Å². The molecule has 108 heavy (non-hydrogen) atoms. The molecule has 0 aliphatic carbocycles. The zero-order valence-electron chi connectivity index (χ0n) is 57.9. The van der Waals surface area contributed by atoms with Crippen molar-refractivity contribution in [2.24, 2.45) is 21.0 Å². The summed E-state index contributed by atoms with van der Waals surface area (Å²) in [5.74, 6) is -0.995. The Kier molecular flexibility index (Phi) is 31.7. The first-order valence-electron chi connectivity index (χ1n) is 30.8. The van der Waals surface area contributed by atoms with E-state index in [1.54, 1.807) is 67.9 Å². The molecule has 1 aliphatic rings. The summed E-state index contributed by atoms with van der Waals surface area (Å²) in [6, 6.07) is 42.9. The lowest BCUT2D eigenvalue weighted by atomic mass is 10.1. The number of primary sulfonamides is 1. The number of aromatic amines is 2. The van der Waals surface area contributed by atoms with Crippen molar-refractivity contribution < 1.29 is 59.8 Å². The van der Waals surface area contributed by atoms with Gasteiger partial charge in [-0.05, 0) is 227 Å². The van der Waals surface area contributed by atoms with Gasteiger partial charge in [-0.1, -0.05) is 36.3 Å². The Morgan fingerprint density at radius 1 is 0.556 bits per heavy atom. The minimum absolute atomic E-state index is 0.0000926. The van der Waals surface area contributed by atoms with Crippen LogP contribution in [0.15, 0.2) is 243 Å². The third-order valence-electron chi connectivity index (χ3n) is 13.7. The summed E-state index contributed by atoms with van der Waals surface area (Å²) in [6.45, 7) is 9.30. The second-order valence-corrected chi connectivity index (χ2v) is 33.5. The molecule has 11 rings (SSSR count). The average molecular weight is 1640 g/mol. The molecular weight excluding hydrogens is 1560 g/mol. The number of nitrogen functional groups attached to an aromatic ring is 6. The molecule has 1 unspecified atom stereocenters. The fourth-order valence-corrected chi connectivity index (χ4v) is 14.5. The maximum absolute atomic E-state index is 12.1. The summed E-state index contributed by atoms with van der Waals surface area (Å²) in [4.78, 5) is 36.3. The van der Waals surface area contributed by atoms with Gasteiger partial charge in [-0.2, -0.15) is 13.1 Å². The van der Waals surface area contributed by atoms with E-state index in [0.717, 1.165) is 29.7 Å². The maximum Gasteiger partial charge on any atom is 0.285 e. The van der Waals surface area contributed by atoms with E-state index in [9.17, 15) is 60.1 Å². The minimum atomic E-state index is -3.90. The van der Waals surface area contributed by atoms with Gasteiger partial charge < -0.3 is 60.7 Å². The van der Waals surface area contributed by atoms with Crippen LogP contribution in [0.25, 0.3) is 0 Å². The number of thioether (sulfide) groups is 1. The summed E-state index contributed by atoms with van der Waals surface area (Å²) in [5.41, 5.74) is 49.6. The second kappa shape index (κ2) is 39.3. The summed E-state index contributed by atoms with van der Waals surface area (Å²) in [7, 11) is -22.1. The highest BCUT2D eigenvalue weighted by Gasteiger charge is 2.23. The molecule has 35 nitrogen and oxygen atoms in total. The van der Waals surface area contributed by atoms with Crippen molar-refractivity contribution in [3.8, 4) is 0 Å². The van der Waals surface area contributed by atoms with Crippen LogP contribution in [0.3, 0.4) is 0 Å². The number of nitrogens with two attached hydrogens (primary N) is 9. The number of guanidine groups is 1. The Labute approximate surface area is 633 Å². The number of hydrogen-bond donors (Lipinski definition) is 16. The minimum Gasteiger partial charge on any atom is -0.399 e. The summed E-state index contributed by atoms with van der Waals surface area (Å²) >= 11 is 6.15. The summed E-state index contributed by atoms with van der Waals surface area (Å²) in [6.07, 6.45) is 6.48. The number of benzene rings is 7. The summed E-state index contributed by atoms with van der Waals surface area (Å²) < 4.78 is 157. The van der Waals surface area contributed by atoms with Gasteiger partial charge in [0.05, 0.1) is 35.1 Å². The highest BCUT2D eigenvalue weighted by Crippen LogP contribution is 2.24. The molecule has 25 N–H and O–H groups in total. The predicted octanol–water partition coefficient (Wildman–Crippen LogP) is 5.71. The molecule has 0 fully saturated rings. The van der Waals surface area contributed by atoms with Gasteiger partial charge in [0.15, 0.2) is 4.77 Å². The lowest BCUT2D eigenvalue weighted by Crippen LogP contribution is -2.38. The molecule has 10 aromatic rings. The number of hydrogen-bond acceptors (Lipinski definition) is 27. The fraction of sp³-hybridized carbons (Fsp3) is 0.123. The van der Waals surface area contributed by atoms with Crippen LogP contribution in [0, 0.1) is 32.5 Å². The van der Waals surface area contributed by atoms with Crippen molar-refractivity contribution in [3.05, 3.63) is 249 Å².